The highest BCUT2D eigenvalue weighted by atomic mass is 32.1. The average molecular weight is 350 g/mol. The van der Waals surface area contributed by atoms with E-state index in [0.29, 0.717) is 0 Å². The van der Waals surface area contributed by atoms with Crippen molar-refractivity contribution in [3.8, 4) is 0 Å². The van der Waals surface area contributed by atoms with E-state index in [-0.39, 0.29) is 11.3 Å². The van der Waals surface area contributed by atoms with Gasteiger partial charge in [0.05, 0.1) is 17.1 Å². The molecule has 0 aromatic carbocycles. The summed E-state index contributed by atoms with van der Waals surface area (Å²) in [6, 6.07) is 3.84. The zero-order chi connectivity index (χ0) is 16.4. The molecule has 0 atom stereocenters. The molecule has 2 aromatic rings. The number of aromatic nitrogens is 1. The Bertz CT molecular complexity index is 650. The van der Waals surface area contributed by atoms with Gasteiger partial charge in [-0.1, -0.05) is 26.8 Å². The standard InChI is InChI=1S/C17H23N3OS2/c1-17(2,3)14-12-23-15(18-14)11-19-6-8-20(9-7-19)16(21)13-5-4-10-22-13/h4-5,10,12H,6-9,11H2,1-3H3. The summed E-state index contributed by atoms with van der Waals surface area (Å²) in [4.78, 5) is 22.3. The number of piperazine rings is 1. The van der Waals surface area contributed by atoms with Crippen molar-refractivity contribution >= 4 is 28.6 Å². The van der Waals surface area contributed by atoms with E-state index in [9.17, 15) is 4.79 Å². The molecule has 1 fully saturated rings. The lowest BCUT2D eigenvalue weighted by Gasteiger charge is -2.34. The van der Waals surface area contributed by atoms with Crippen molar-refractivity contribution < 1.29 is 4.79 Å². The molecule has 1 amide bonds. The summed E-state index contributed by atoms with van der Waals surface area (Å²) in [7, 11) is 0. The summed E-state index contributed by atoms with van der Waals surface area (Å²) in [6.45, 7) is 10.9. The molecular weight excluding hydrogens is 326 g/mol. The minimum absolute atomic E-state index is 0.112. The van der Waals surface area contributed by atoms with Crippen LogP contribution in [-0.2, 0) is 12.0 Å². The van der Waals surface area contributed by atoms with E-state index in [4.69, 9.17) is 4.98 Å². The minimum Gasteiger partial charge on any atom is -0.335 e. The number of hydrogen-bond donors (Lipinski definition) is 0. The van der Waals surface area contributed by atoms with E-state index in [0.717, 1.165) is 37.6 Å². The van der Waals surface area contributed by atoms with Gasteiger partial charge < -0.3 is 4.90 Å². The maximum absolute atomic E-state index is 12.3. The molecule has 0 bridgehead atoms. The molecule has 1 aliphatic rings. The number of nitrogens with zero attached hydrogens (tertiary/aromatic N) is 3. The summed E-state index contributed by atoms with van der Waals surface area (Å²) in [5.74, 6) is 0.170. The summed E-state index contributed by atoms with van der Waals surface area (Å²) >= 11 is 3.26. The van der Waals surface area contributed by atoms with Crippen molar-refractivity contribution in [3.63, 3.8) is 0 Å². The van der Waals surface area contributed by atoms with Crippen molar-refractivity contribution in [2.75, 3.05) is 26.2 Å². The molecule has 6 heteroatoms. The van der Waals surface area contributed by atoms with Gasteiger partial charge in [-0.3, -0.25) is 9.69 Å². The Morgan fingerprint density at radius 1 is 1.22 bits per heavy atom. The lowest BCUT2D eigenvalue weighted by atomic mass is 9.93. The van der Waals surface area contributed by atoms with Crippen LogP contribution >= 0.6 is 22.7 Å². The molecule has 0 N–H and O–H groups in total. The number of rotatable bonds is 3. The topological polar surface area (TPSA) is 36.4 Å². The highest BCUT2D eigenvalue weighted by Crippen LogP contribution is 2.24. The monoisotopic (exact) mass is 349 g/mol. The molecule has 4 nitrogen and oxygen atoms in total. The highest BCUT2D eigenvalue weighted by Gasteiger charge is 2.24. The highest BCUT2D eigenvalue weighted by molar-refractivity contribution is 7.12. The fourth-order valence-electron chi connectivity index (χ4n) is 2.58. The van der Waals surface area contributed by atoms with Crippen LogP contribution < -0.4 is 0 Å². The molecule has 0 spiro atoms. The zero-order valence-electron chi connectivity index (χ0n) is 13.9. The smallest absolute Gasteiger partial charge is 0.264 e. The fraction of sp³-hybridized carbons (Fsp3) is 0.529. The maximum atomic E-state index is 12.3. The average Bonchev–Trinajstić information content (AvgIpc) is 3.18. The number of carbonyl (C=O) groups excluding carboxylic acids is 1. The van der Waals surface area contributed by atoms with Crippen LogP contribution in [0.5, 0.6) is 0 Å². The molecule has 0 unspecified atom stereocenters. The fourth-order valence-corrected chi connectivity index (χ4v) is 4.34. The van der Waals surface area contributed by atoms with Gasteiger partial charge in [-0.15, -0.1) is 22.7 Å². The molecule has 3 heterocycles. The molecule has 0 saturated carbocycles. The Morgan fingerprint density at radius 2 is 1.96 bits per heavy atom. The predicted octanol–water partition coefficient (Wildman–Crippen LogP) is 3.46. The molecule has 23 heavy (non-hydrogen) atoms. The van der Waals surface area contributed by atoms with Crippen molar-refractivity contribution in [2.45, 2.75) is 32.7 Å². The van der Waals surface area contributed by atoms with E-state index >= 15 is 0 Å². The molecule has 1 saturated heterocycles. The third-order valence-corrected chi connectivity index (χ3v) is 5.76. The number of thiazole rings is 1. The normalized spacial score (nSPS) is 16.7. The van der Waals surface area contributed by atoms with E-state index in [1.807, 2.05) is 22.4 Å². The minimum atomic E-state index is 0.112. The summed E-state index contributed by atoms with van der Waals surface area (Å²) in [5.41, 5.74) is 1.28. The third-order valence-electron chi connectivity index (χ3n) is 4.07. The number of hydrogen-bond acceptors (Lipinski definition) is 5. The first-order valence-electron chi connectivity index (χ1n) is 7.93. The van der Waals surface area contributed by atoms with Gasteiger partial charge in [-0.25, -0.2) is 4.98 Å². The Morgan fingerprint density at radius 3 is 2.52 bits per heavy atom. The maximum Gasteiger partial charge on any atom is 0.264 e. The number of amides is 1. The predicted molar refractivity (Wildman–Crippen MR) is 96.3 cm³/mol. The lowest BCUT2D eigenvalue weighted by molar-refractivity contribution is 0.0633. The van der Waals surface area contributed by atoms with Crippen LogP contribution in [0.4, 0.5) is 0 Å². The first-order valence-corrected chi connectivity index (χ1v) is 9.69. The van der Waals surface area contributed by atoms with Gasteiger partial charge in [-0.2, -0.15) is 0 Å². The zero-order valence-corrected chi connectivity index (χ0v) is 15.5. The molecule has 3 rings (SSSR count). The first-order chi connectivity index (χ1) is 10.9. The Balaban J connectivity index is 1.53. The van der Waals surface area contributed by atoms with Crippen LogP contribution in [0, 0.1) is 0 Å². The van der Waals surface area contributed by atoms with Crippen LogP contribution in [0.15, 0.2) is 22.9 Å². The molecule has 1 aliphatic heterocycles. The second kappa shape index (κ2) is 6.71. The Kier molecular flexibility index (Phi) is 4.85. The second-order valence-corrected chi connectivity index (χ2v) is 8.81. The van der Waals surface area contributed by atoms with Gasteiger partial charge in [-0.05, 0) is 11.4 Å². The van der Waals surface area contributed by atoms with E-state index in [1.54, 1.807) is 11.3 Å². The van der Waals surface area contributed by atoms with Gasteiger partial charge in [0.25, 0.3) is 5.91 Å². The largest absolute Gasteiger partial charge is 0.335 e. The Hall–Kier alpha value is -1.24. The van der Waals surface area contributed by atoms with Crippen molar-refractivity contribution in [3.05, 3.63) is 38.5 Å². The van der Waals surface area contributed by atoms with Gasteiger partial charge >= 0.3 is 0 Å². The molecule has 2 aromatic heterocycles. The van der Waals surface area contributed by atoms with Gasteiger partial charge in [0.1, 0.15) is 5.01 Å². The quantitative estimate of drug-likeness (QED) is 0.851. The van der Waals surface area contributed by atoms with Crippen LogP contribution in [0.3, 0.4) is 0 Å². The van der Waals surface area contributed by atoms with Crippen LogP contribution in [0.1, 0.15) is 41.1 Å². The van der Waals surface area contributed by atoms with E-state index < -0.39 is 0 Å². The van der Waals surface area contributed by atoms with Crippen LogP contribution in [-0.4, -0.2) is 46.9 Å². The van der Waals surface area contributed by atoms with Crippen LogP contribution in [0.25, 0.3) is 0 Å². The van der Waals surface area contributed by atoms with E-state index in [1.165, 1.54) is 22.0 Å². The molecule has 0 aliphatic carbocycles. The van der Waals surface area contributed by atoms with Crippen molar-refractivity contribution in [2.24, 2.45) is 0 Å². The summed E-state index contributed by atoms with van der Waals surface area (Å²) in [5, 5.41) is 5.30. The van der Waals surface area contributed by atoms with Crippen molar-refractivity contribution in [1.82, 2.24) is 14.8 Å². The number of thiophene rings is 1. The van der Waals surface area contributed by atoms with Gasteiger partial charge in [0, 0.05) is 37.0 Å². The van der Waals surface area contributed by atoms with Crippen molar-refractivity contribution in [1.29, 1.82) is 0 Å². The molecular formula is C17H23N3OS2. The second-order valence-electron chi connectivity index (χ2n) is 6.92. The van der Waals surface area contributed by atoms with E-state index in [2.05, 4.69) is 31.1 Å². The summed E-state index contributed by atoms with van der Waals surface area (Å²) < 4.78 is 0. The third kappa shape index (κ3) is 4.00. The van der Waals surface area contributed by atoms with Gasteiger partial charge in [0.15, 0.2) is 0 Å². The molecule has 0 radical (unpaired) electrons. The SMILES string of the molecule is CC(C)(C)c1csc(CN2CCN(C(=O)c3cccs3)CC2)n1. The lowest BCUT2D eigenvalue weighted by Crippen LogP contribution is -2.48. The summed E-state index contributed by atoms with van der Waals surface area (Å²) in [6.07, 6.45) is 0. The Labute approximate surface area is 145 Å². The van der Waals surface area contributed by atoms with Gasteiger partial charge in [0.2, 0.25) is 0 Å². The first kappa shape index (κ1) is 16.6. The number of carbonyl (C=O) groups is 1. The molecule has 124 valence electrons. The van der Waals surface area contributed by atoms with Crippen LogP contribution in [0.2, 0.25) is 0 Å².